The maximum Gasteiger partial charge on any atom is 0.0795 e. The van der Waals surface area contributed by atoms with Crippen molar-refractivity contribution >= 4 is 11.8 Å². The Balaban J connectivity index is 1.52. The van der Waals surface area contributed by atoms with Crippen LogP contribution in [-0.4, -0.2) is 35.8 Å². The summed E-state index contributed by atoms with van der Waals surface area (Å²) in [5.41, 5.74) is 0.245. The Morgan fingerprint density at radius 1 is 1.06 bits per heavy atom. The van der Waals surface area contributed by atoms with Crippen LogP contribution in [0.1, 0.15) is 51.4 Å². The molecule has 98 valence electrons. The van der Waals surface area contributed by atoms with Gasteiger partial charge in [-0.05, 0) is 37.9 Å². The van der Waals surface area contributed by atoms with Gasteiger partial charge < -0.3 is 10.1 Å². The highest BCUT2D eigenvalue weighted by atomic mass is 32.2. The molecule has 17 heavy (non-hydrogen) atoms. The smallest absolute Gasteiger partial charge is 0.0795 e. The molecule has 0 aromatic carbocycles. The Bertz CT molecular complexity index is 247. The Morgan fingerprint density at radius 3 is 2.71 bits per heavy atom. The Morgan fingerprint density at radius 2 is 1.94 bits per heavy atom. The second-order valence-electron chi connectivity index (χ2n) is 6.03. The first-order valence-corrected chi connectivity index (χ1v) is 8.50. The summed E-state index contributed by atoms with van der Waals surface area (Å²) in [6, 6.07) is 1.53. The summed E-state index contributed by atoms with van der Waals surface area (Å²) in [5.74, 6) is 2.53. The van der Waals surface area contributed by atoms with Crippen LogP contribution in [0.3, 0.4) is 0 Å². The first-order chi connectivity index (χ1) is 8.36. The molecule has 0 radical (unpaired) electrons. The van der Waals surface area contributed by atoms with E-state index in [0.29, 0.717) is 0 Å². The van der Waals surface area contributed by atoms with Gasteiger partial charge in [0.1, 0.15) is 0 Å². The predicted molar refractivity (Wildman–Crippen MR) is 73.7 cm³/mol. The van der Waals surface area contributed by atoms with Gasteiger partial charge in [0.15, 0.2) is 0 Å². The quantitative estimate of drug-likeness (QED) is 0.819. The lowest BCUT2D eigenvalue weighted by atomic mass is 9.88. The highest BCUT2D eigenvalue weighted by molar-refractivity contribution is 7.99. The minimum atomic E-state index is 0.245. The van der Waals surface area contributed by atoms with Gasteiger partial charge in [0.2, 0.25) is 0 Å². The molecule has 3 heteroatoms. The summed E-state index contributed by atoms with van der Waals surface area (Å²) in [5, 5.41) is 3.92. The number of thioether (sulfide) groups is 1. The lowest BCUT2D eigenvalue weighted by Gasteiger charge is -2.40. The number of hydrogen-bond acceptors (Lipinski definition) is 3. The summed E-state index contributed by atoms with van der Waals surface area (Å²) in [4.78, 5) is 0. The number of ether oxygens (including phenoxy) is 1. The molecule has 0 bridgehead atoms. The molecule has 2 nitrogen and oxygen atoms in total. The van der Waals surface area contributed by atoms with Gasteiger partial charge in [-0.3, -0.25) is 0 Å². The van der Waals surface area contributed by atoms with Crippen molar-refractivity contribution in [2.24, 2.45) is 0 Å². The van der Waals surface area contributed by atoms with Crippen molar-refractivity contribution < 1.29 is 4.74 Å². The van der Waals surface area contributed by atoms with Crippen molar-refractivity contribution in [3.05, 3.63) is 0 Å². The van der Waals surface area contributed by atoms with Gasteiger partial charge in [0.05, 0.1) is 5.60 Å². The standard InChI is InChI=1S/C14H25NOS/c1-2-4-12(5-3-1)15-13-6-8-16-14(10-13)7-9-17-11-14/h12-13,15H,1-11H2. The molecule has 0 aromatic heterocycles. The van der Waals surface area contributed by atoms with E-state index >= 15 is 0 Å². The number of rotatable bonds is 2. The van der Waals surface area contributed by atoms with Gasteiger partial charge in [0, 0.05) is 24.4 Å². The molecule has 2 atom stereocenters. The van der Waals surface area contributed by atoms with E-state index in [0.717, 1.165) is 18.7 Å². The summed E-state index contributed by atoms with van der Waals surface area (Å²) in [6.07, 6.45) is 10.9. The van der Waals surface area contributed by atoms with Crippen LogP contribution in [-0.2, 0) is 4.74 Å². The summed E-state index contributed by atoms with van der Waals surface area (Å²) < 4.78 is 6.08. The summed E-state index contributed by atoms with van der Waals surface area (Å²) >= 11 is 2.07. The Kier molecular flexibility index (Phi) is 3.98. The molecular weight excluding hydrogens is 230 g/mol. The average molecular weight is 255 g/mol. The topological polar surface area (TPSA) is 21.3 Å². The Labute approximate surface area is 109 Å². The van der Waals surface area contributed by atoms with Crippen LogP contribution >= 0.6 is 11.8 Å². The molecule has 0 aromatic rings. The molecule has 2 heterocycles. The van der Waals surface area contributed by atoms with Crippen molar-refractivity contribution in [3.63, 3.8) is 0 Å². The third kappa shape index (κ3) is 2.99. The predicted octanol–water partition coefficient (Wildman–Crippen LogP) is 2.96. The third-order valence-corrected chi connectivity index (χ3v) is 5.86. The second-order valence-corrected chi connectivity index (χ2v) is 7.13. The van der Waals surface area contributed by atoms with Gasteiger partial charge in [-0.15, -0.1) is 0 Å². The number of hydrogen-bond donors (Lipinski definition) is 1. The summed E-state index contributed by atoms with van der Waals surface area (Å²) in [6.45, 7) is 0.977. The molecule has 0 amide bonds. The van der Waals surface area contributed by atoms with E-state index in [-0.39, 0.29) is 5.60 Å². The van der Waals surface area contributed by atoms with E-state index in [2.05, 4.69) is 17.1 Å². The minimum absolute atomic E-state index is 0.245. The molecule has 1 aliphatic carbocycles. The zero-order valence-electron chi connectivity index (χ0n) is 10.7. The minimum Gasteiger partial charge on any atom is -0.374 e. The monoisotopic (exact) mass is 255 g/mol. The summed E-state index contributed by atoms with van der Waals surface area (Å²) in [7, 11) is 0. The zero-order chi connectivity index (χ0) is 11.6. The van der Waals surface area contributed by atoms with Gasteiger partial charge >= 0.3 is 0 Å². The first kappa shape index (κ1) is 12.3. The normalized spacial score (nSPS) is 39.9. The molecule has 3 fully saturated rings. The lowest BCUT2D eigenvalue weighted by Crippen LogP contribution is -2.50. The highest BCUT2D eigenvalue weighted by Crippen LogP contribution is 2.38. The van der Waals surface area contributed by atoms with Crippen molar-refractivity contribution in [3.8, 4) is 0 Å². The van der Waals surface area contributed by atoms with Crippen LogP contribution in [0.5, 0.6) is 0 Å². The average Bonchev–Trinajstić information content (AvgIpc) is 2.79. The highest BCUT2D eigenvalue weighted by Gasteiger charge is 2.40. The molecule has 3 aliphatic rings. The van der Waals surface area contributed by atoms with E-state index in [9.17, 15) is 0 Å². The molecule has 3 rings (SSSR count). The van der Waals surface area contributed by atoms with E-state index in [1.54, 1.807) is 0 Å². The Hall–Kier alpha value is 0.270. The number of nitrogens with one attached hydrogen (secondary N) is 1. The van der Waals surface area contributed by atoms with Crippen LogP contribution < -0.4 is 5.32 Å². The van der Waals surface area contributed by atoms with Crippen molar-refractivity contribution in [2.75, 3.05) is 18.1 Å². The van der Waals surface area contributed by atoms with E-state index in [1.165, 1.54) is 62.9 Å². The first-order valence-electron chi connectivity index (χ1n) is 7.34. The van der Waals surface area contributed by atoms with Crippen LogP contribution in [0.25, 0.3) is 0 Å². The second kappa shape index (κ2) is 5.50. The maximum atomic E-state index is 6.08. The molecule has 1 N–H and O–H groups in total. The van der Waals surface area contributed by atoms with Gasteiger partial charge in [0.25, 0.3) is 0 Å². The molecular formula is C14H25NOS. The fourth-order valence-corrected chi connectivity index (χ4v) is 5.01. The van der Waals surface area contributed by atoms with Crippen LogP contribution in [0.2, 0.25) is 0 Å². The van der Waals surface area contributed by atoms with Crippen LogP contribution in [0.15, 0.2) is 0 Å². The van der Waals surface area contributed by atoms with Gasteiger partial charge in [-0.1, -0.05) is 19.3 Å². The van der Waals surface area contributed by atoms with E-state index < -0.39 is 0 Å². The largest absolute Gasteiger partial charge is 0.374 e. The van der Waals surface area contributed by atoms with Crippen molar-refractivity contribution in [1.29, 1.82) is 0 Å². The van der Waals surface area contributed by atoms with E-state index in [4.69, 9.17) is 4.74 Å². The molecule has 2 unspecified atom stereocenters. The SMILES string of the molecule is C1CCC(NC2CCOC3(CCSC3)C2)CC1. The fourth-order valence-electron chi connectivity index (χ4n) is 3.64. The van der Waals surface area contributed by atoms with Gasteiger partial charge in [-0.2, -0.15) is 11.8 Å². The van der Waals surface area contributed by atoms with Gasteiger partial charge in [-0.25, -0.2) is 0 Å². The van der Waals surface area contributed by atoms with Crippen LogP contribution in [0.4, 0.5) is 0 Å². The van der Waals surface area contributed by atoms with E-state index in [1.807, 2.05) is 0 Å². The lowest BCUT2D eigenvalue weighted by molar-refractivity contribution is -0.0717. The van der Waals surface area contributed by atoms with Crippen molar-refractivity contribution in [2.45, 2.75) is 69.1 Å². The molecule has 2 aliphatic heterocycles. The zero-order valence-corrected chi connectivity index (χ0v) is 11.6. The fraction of sp³-hybridized carbons (Fsp3) is 1.00. The molecule has 2 saturated heterocycles. The molecule has 1 spiro atoms. The van der Waals surface area contributed by atoms with Crippen LogP contribution in [0, 0.1) is 0 Å². The van der Waals surface area contributed by atoms with Crippen molar-refractivity contribution in [1.82, 2.24) is 5.32 Å². The third-order valence-electron chi connectivity index (χ3n) is 4.64. The molecule has 1 saturated carbocycles. The maximum absolute atomic E-state index is 6.08.